The Labute approximate surface area is 316 Å². The number of ether oxygens (including phenoxy) is 2. The summed E-state index contributed by atoms with van der Waals surface area (Å²) in [6, 6.07) is 0. The van der Waals surface area contributed by atoms with E-state index in [0.717, 1.165) is 56.1 Å². The molecule has 0 bridgehead atoms. The molecular weight excluding hydrogens is 656 g/mol. The number of allylic oxidation sites excluding steroid dienone is 4. The summed E-state index contributed by atoms with van der Waals surface area (Å²) >= 11 is 0. The van der Waals surface area contributed by atoms with E-state index in [1.807, 2.05) is 52.8 Å². The van der Waals surface area contributed by atoms with Crippen LogP contribution in [0.25, 0.3) is 0 Å². The van der Waals surface area contributed by atoms with Crippen LogP contribution in [0, 0.1) is 35.5 Å². The van der Waals surface area contributed by atoms with E-state index in [1.165, 1.54) is 13.0 Å². The number of cyclic esters (lactones) is 1. The monoisotopic (exact) mass is 731 g/mol. The molecule has 0 spiro atoms. The highest BCUT2D eigenvalue weighted by atomic mass is 16.5. The average molecular weight is 731 g/mol. The maximum atomic E-state index is 13.1. The molecule has 0 fully saturated rings. The molecule has 1 heterocycles. The van der Waals surface area contributed by atoms with Gasteiger partial charge >= 0.3 is 11.9 Å². The van der Waals surface area contributed by atoms with Crippen molar-refractivity contribution < 1.29 is 39.5 Å². The number of hydrogen-bond acceptors (Lipinski definition) is 8. The summed E-state index contributed by atoms with van der Waals surface area (Å²) in [4.78, 5) is 24.7. The fourth-order valence-corrected chi connectivity index (χ4v) is 6.52. The molecule has 8 nitrogen and oxygen atoms in total. The lowest BCUT2D eigenvalue weighted by molar-refractivity contribution is -0.148. The van der Waals surface area contributed by atoms with Crippen LogP contribution in [-0.4, -0.2) is 69.5 Å². The first-order chi connectivity index (χ1) is 24.6. The first-order valence-corrected chi connectivity index (χ1v) is 20.0. The van der Waals surface area contributed by atoms with Crippen molar-refractivity contribution >= 4 is 11.9 Å². The topological polar surface area (TPSA) is 134 Å². The Morgan fingerprint density at radius 1 is 1.06 bits per heavy atom. The highest BCUT2D eigenvalue weighted by molar-refractivity contribution is 5.82. The van der Waals surface area contributed by atoms with Crippen LogP contribution in [0.3, 0.4) is 0 Å². The van der Waals surface area contributed by atoms with Crippen LogP contribution in [0.1, 0.15) is 133 Å². The predicted octanol–water partition coefficient (Wildman–Crippen LogP) is 8.59. The summed E-state index contributed by atoms with van der Waals surface area (Å²) in [5, 5.41) is 42.6. The standard InChI is InChI=1S/C44H74O8/c1-10-32(4)42(51-37(9)46)25-24-38(29-45)18-13-16-31(3)27-36(8)43-28-41(49)33(5)17-12-11-15-30(2)21-22-34(6)39(47)19-14-20-40(48)35(7)23-26-44(50)52-43/h11,15,18,22-26,30-33,35-36,39-43,45,47-49H,10,12-14,16-17,19-21,27-29H2,1-9H3/b15-11+,25-24+,26-23+,34-22+,38-18-/t30-,31+,32+,33+,35+,36-,39+,40+,41+,42-,43+/m0/s1. The van der Waals surface area contributed by atoms with Crippen LogP contribution in [0.15, 0.2) is 59.8 Å². The van der Waals surface area contributed by atoms with Gasteiger partial charge in [-0.15, -0.1) is 0 Å². The van der Waals surface area contributed by atoms with Gasteiger partial charge in [-0.1, -0.05) is 84.9 Å². The molecule has 1 rings (SSSR count). The van der Waals surface area contributed by atoms with Crippen molar-refractivity contribution in [1.29, 1.82) is 0 Å². The SMILES string of the molecule is CC[C@@H](C)[C@H](/C=C/C(=C/CC[C@@H](C)C[C@H](C)[C@H]1C[C@@H](O)[C@H](C)CC/C=C/[C@H](C)C/C=C(\C)[C@H](O)CCC[C@@H](O)[C@H](C)/C=C/C(=O)O1)CO)OC(C)=O. The summed E-state index contributed by atoms with van der Waals surface area (Å²) in [7, 11) is 0. The molecule has 4 N–H and O–H groups in total. The highest BCUT2D eigenvalue weighted by Crippen LogP contribution is 2.28. The third kappa shape index (κ3) is 20.1. The molecule has 0 aliphatic carbocycles. The van der Waals surface area contributed by atoms with Gasteiger partial charge in [0.25, 0.3) is 0 Å². The van der Waals surface area contributed by atoms with Crippen molar-refractivity contribution in [2.45, 2.75) is 163 Å². The van der Waals surface area contributed by atoms with Gasteiger partial charge in [-0.2, -0.15) is 0 Å². The van der Waals surface area contributed by atoms with E-state index in [2.05, 4.69) is 39.0 Å². The lowest BCUT2D eigenvalue weighted by Gasteiger charge is -2.29. The Morgan fingerprint density at radius 3 is 2.42 bits per heavy atom. The summed E-state index contributed by atoms with van der Waals surface area (Å²) in [6.07, 6.45) is 20.5. The number of carbonyl (C=O) groups is 2. The molecule has 298 valence electrons. The first-order valence-electron chi connectivity index (χ1n) is 20.0. The van der Waals surface area contributed by atoms with Gasteiger partial charge in [-0.3, -0.25) is 4.79 Å². The van der Waals surface area contributed by atoms with E-state index < -0.39 is 30.4 Å². The minimum atomic E-state index is -0.645. The molecule has 8 heteroatoms. The van der Waals surface area contributed by atoms with Crippen LogP contribution in [0.5, 0.6) is 0 Å². The summed E-state index contributed by atoms with van der Waals surface area (Å²) in [5.41, 5.74) is 1.72. The molecule has 0 saturated carbocycles. The zero-order valence-electron chi connectivity index (χ0n) is 33.9. The first kappa shape index (κ1) is 47.5. The lowest BCUT2D eigenvalue weighted by Crippen LogP contribution is -2.32. The molecule has 1 aliphatic rings. The second kappa shape index (κ2) is 26.3. The molecule has 0 aromatic rings. The van der Waals surface area contributed by atoms with E-state index in [4.69, 9.17) is 9.47 Å². The van der Waals surface area contributed by atoms with Crippen molar-refractivity contribution in [3.05, 3.63) is 59.8 Å². The predicted molar refractivity (Wildman–Crippen MR) is 211 cm³/mol. The smallest absolute Gasteiger partial charge is 0.330 e. The molecular formula is C44H74O8. The zero-order valence-corrected chi connectivity index (χ0v) is 33.9. The normalized spacial score (nSPS) is 31.5. The molecule has 0 radical (unpaired) electrons. The summed E-state index contributed by atoms with van der Waals surface area (Å²) in [6.45, 7) is 17.6. The Hall–Kier alpha value is -2.52. The van der Waals surface area contributed by atoms with Crippen molar-refractivity contribution in [2.75, 3.05) is 6.61 Å². The quantitative estimate of drug-likeness (QED) is 0.0892. The van der Waals surface area contributed by atoms with Gasteiger partial charge in [-0.25, -0.2) is 4.79 Å². The van der Waals surface area contributed by atoms with E-state index in [9.17, 15) is 30.0 Å². The molecule has 11 atom stereocenters. The number of aliphatic hydroxyl groups excluding tert-OH is 4. The van der Waals surface area contributed by atoms with Crippen molar-refractivity contribution in [1.82, 2.24) is 0 Å². The molecule has 0 saturated heterocycles. The minimum Gasteiger partial charge on any atom is -0.459 e. The molecule has 0 aromatic carbocycles. The van der Waals surface area contributed by atoms with Crippen molar-refractivity contribution in [2.24, 2.45) is 35.5 Å². The van der Waals surface area contributed by atoms with Gasteiger partial charge < -0.3 is 29.9 Å². The Morgan fingerprint density at radius 2 is 1.77 bits per heavy atom. The van der Waals surface area contributed by atoms with Crippen molar-refractivity contribution in [3.63, 3.8) is 0 Å². The number of carbonyl (C=O) groups excluding carboxylic acids is 2. The fraction of sp³-hybridized carbons (Fsp3) is 0.727. The second-order valence-corrected chi connectivity index (χ2v) is 15.8. The van der Waals surface area contributed by atoms with Gasteiger partial charge in [-0.05, 0) is 118 Å². The molecule has 0 unspecified atom stereocenters. The van der Waals surface area contributed by atoms with Crippen molar-refractivity contribution in [3.8, 4) is 0 Å². The van der Waals surface area contributed by atoms with E-state index >= 15 is 0 Å². The van der Waals surface area contributed by atoms with Crippen LogP contribution in [0.2, 0.25) is 0 Å². The number of aliphatic hydroxyl groups is 4. The van der Waals surface area contributed by atoms with Crippen LogP contribution in [-0.2, 0) is 19.1 Å². The summed E-state index contributed by atoms with van der Waals surface area (Å²) < 4.78 is 11.5. The van der Waals surface area contributed by atoms with Gasteiger partial charge in [0.15, 0.2) is 0 Å². The fourth-order valence-electron chi connectivity index (χ4n) is 6.52. The third-order valence-electron chi connectivity index (χ3n) is 10.8. The maximum Gasteiger partial charge on any atom is 0.330 e. The molecule has 52 heavy (non-hydrogen) atoms. The van der Waals surface area contributed by atoms with Gasteiger partial charge in [0.05, 0.1) is 24.9 Å². The minimum absolute atomic E-state index is 0.00681. The van der Waals surface area contributed by atoms with Gasteiger partial charge in [0, 0.05) is 25.3 Å². The van der Waals surface area contributed by atoms with E-state index in [0.29, 0.717) is 37.5 Å². The van der Waals surface area contributed by atoms with Gasteiger partial charge in [0.1, 0.15) is 12.2 Å². The zero-order chi connectivity index (χ0) is 39.2. The van der Waals surface area contributed by atoms with Crippen LogP contribution >= 0.6 is 0 Å². The van der Waals surface area contributed by atoms with Gasteiger partial charge in [0.2, 0.25) is 0 Å². The third-order valence-corrected chi connectivity index (χ3v) is 10.8. The Bertz CT molecular complexity index is 1170. The summed E-state index contributed by atoms with van der Waals surface area (Å²) in [5.74, 6) is -0.271. The maximum absolute atomic E-state index is 13.1. The highest BCUT2D eigenvalue weighted by Gasteiger charge is 2.28. The molecule has 0 amide bonds. The largest absolute Gasteiger partial charge is 0.459 e. The molecule has 0 aromatic heterocycles. The number of hydrogen-bond donors (Lipinski definition) is 4. The van der Waals surface area contributed by atoms with E-state index in [1.54, 1.807) is 6.08 Å². The average Bonchev–Trinajstić information content (AvgIpc) is 3.10. The second-order valence-electron chi connectivity index (χ2n) is 15.8. The Kier molecular flexibility index (Phi) is 24.0. The number of esters is 2. The molecule has 1 aliphatic heterocycles. The van der Waals surface area contributed by atoms with Crippen LogP contribution < -0.4 is 0 Å². The number of rotatable bonds is 12. The Balaban J connectivity index is 3.05. The van der Waals surface area contributed by atoms with Crippen LogP contribution in [0.4, 0.5) is 0 Å². The lowest BCUT2D eigenvalue weighted by atomic mass is 9.85. The van der Waals surface area contributed by atoms with E-state index in [-0.39, 0.29) is 42.4 Å².